The zero-order valence-corrected chi connectivity index (χ0v) is 36.4. The van der Waals surface area contributed by atoms with Gasteiger partial charge in [0.25, 0.3) is 0 Å². The fraction of sp³-hybridized carbons (Fsp3) is 0.696. The van der Waals surface area contributed by atoms with Gasteiger partial charge >= 0.3 is 19.8 Å². The number of aliphatic hydroxyl groups excluding tert-OH is 2. The van der Waals surface area contributed by atoms with Gasteiger partial charge in [-0.15, -0.1) is 0 Å². The predicted molar refractivity (Wildman–Crippen MR) is 233 cm³/mol. The van der Waals surface area contributed by atoms with Gasteiger partial charge in [0.2, 0.25) is 0 Å². The van der Waals surface area contributed by atoms with Crippen LogP contribution < -0.4 is 0 Å². The van der Waals surface area contributed by atoms with Crippen LogP contribution in [-0.4, -0.2) is 65.7 Å². The minimum Gasteiger partial charge on any atom is -0.462 e. The molecule has 0 aliphatic rings. The van der Waals surface area contributed by atoms with Gasteiger partial charge in [-0.3, -0.25) is 18.6 Å². The molecule has 57 heavy (non-hydrogen) atoms. The second-order valence-corrected chi connectivity index (χ2v) is 15.8. The Morgan fingerprint density at radius 1 is 0.544 bits per heavy atom. The topological polar surface area (TPSA) is 149 Å². The molecule has 328 valence electrons. The first kappa shape index (κ1) is 54.4. The zero-order valence-electron chi connectivity index (χ0n) is 35.5. The van der Waals surface area contributed by atoms with E-state index in [4.69, 9.17) is 19.1 Å². The minimum atomic E-state index is -4.63. The van der Waals surface area contributed by atoms with Crippen LogP contribution in [0.3, 0.4) is 0 Å². The Morgan fingerprint density at radius 2 is 0.965 bits per heavy atom. The van der Waals surface area contributed by atoms with Gasteiger partial charge in [-0.2, -0.15) is 0 Å². The first-order valence-electron chi connectivity index (χ1n) is 21.9. The molecule has 0 amide bonds. The van der Waals surface area contributed by atoms with E-state index in [9.17, 15) is 24.2 Å². The number of hydrogen-bond donors (Lipinski definition) is 3. The molecule has 0 aliphatic heterocycles. The lowest BCUT2D eigenvalue weighted by Crippen LogP contribution is -2.29. The Labute approximate surface area is 346 Å². The summed E-state index contributed by atoms with van der Waals surface area (Å²) in [5.41, 5.74) is 0. The Kier molecular flexibility index (Phi) is 39.7. The standard InChI is InChI=1S/C46H79O10P/c1-3-5-7-9-11-13-15-17-19-20-21-22-24-26-28-30-32-34-36-38-46(50)56-44(42-55-57(51,52)54-40-43(48)39-47)41-53-45(49)37-35-33-31-29-27-25-23-18-16-14-12-10-8-6-4-2/h6,8,11-14,17-19,23,27,29,43-44,47-48H,3-5,7,9-10,15-16,20-22,24-26,28,30-42H2,1-2H3,(H,51,52)/b8-6-,13-11-,14-12-,19-17-,23-18-,29-27-/t43-,44+/m0/s1. The predicted octanol–water partition coefficient (Wildman–Crippen LogP) is 11.7. The van der Waals surface area contributed by atoms with Crippen molar-refractivity contribution in [2.45, 2.75) is 180 Å². The fourth-order valence-corrected chi connectivity index (χ4v) is 6.27. The maximum Gasteiger partial charge on any atom is 0.472 e. The number of esters is 2. The molecule has 0 spiro atoms. The molecular formula is C46H79O10P. The third kappa shape index (κ3) is 41.4. The summed E-state index contributed by atoms with van der Waals surface area (Å²) in [5, 5.41) is 18.3. The van der Waals surface area contributed by atoms with Crippen LogP contribution >= 0.6 is 7.82 Å². The second kappa shape index (κ2) is 41.6. The van der Waals surface area contributed by atoms with Gasteiger partial charge in [-0.05, 0) is 83.5 Å². The van der Waals surface area contributed by atoms with Crippen LogP contribution in [-0.2, 0) is 32.7 Å². The molecule has 0 aromatic rings. The normalized spacial score (nSPS) is 14.5. The summed E-state index contributed by atoms with van der Waals surface area (Å²) in [6.07, 6.45) is 47.2. The highest BCUT2D eigenvalue weighted by atomic mass is 31.2. The van der Waals surface area contributed by atoms with Gasteiger partial charge in [-0.25, -0.2) is 4.57 Å². The van der Waals surface area contributed by atoms with E-state index in [-0.39, 0.29) is 19.4 Å². The lowest BCUT2D eigenvalue weighted by atomic mass is 10.1. The number of aliphatic hydroxyl groups is 2. The SMILES string of the molecule is CC/C=C\C/C=C\C/C=C\C/C=C\CCCCC(=O)OC[C@H](COP(=O)(O)OC[C@@H](O)CO)OC(=O)CCCCCCCCCCC/C=C\C/C=C\CCCCC. The Morgan fingerprint density at radius 3 is 1.49 bits per heavy atom. The van der Waals surface area contributed by atoms with Crippen LogP contribution in [0, 0.1) is 0 Å². The van der Waals surface area contributed by atoms with Gasteiger partial charge in [-0.1, -0.05) is 145 Å². The van der Waals surface area contributed by atoms with Gasteiger partial charge in [0.15, 0.2) is 6.10 Å². The molecule has 0 fully saturated rings. The lowest BCUT2D eigenvalue weighted by molar-refractivity contribution is -0.161. The van der Waals surface area contributed by atoms with Crippen molar-refractivity contribution in [3.8, 4) is 0 Å². The monoisotopic (exact) mass is 823 g/mol. The van der Waals surface area contributed by atoms with E-state index in [0.717, 1.165) is 70.6 Å². The van der Waals surface area contributed by atoms with Crippen LogP contribution in [0.4, 0.5) is 0 Å². The zero-order chi connectivity index (χ0) is 41.9. The third-order valence-corrected chi connectivity index (χ3v) is 9.80. The summed E-state index contributed by atoms with van der Waals surface area (Å²) in [7, 11) is -4.63. The van der Waals surface area contributed by atoms with Crippen LogP contribution in [0.2, 0.25) is 0 Å². The second-order valence-electron chi connectivity index (χ2n) is 14.3. The number of phosphoric acid groups is 1. The van der Waals surface area contributed by atoms with Gasteiger partial charge in [0.1, 0.15) is 12.7 Å². The molecule has 3 N–H and O–H groups in total. The molecule has 0 radical (unpaired) electrons. The van der Waals surface area contributed by atoms with Crippen molar-refractivity contribution >= 4 is 19.8 Å². The molecule has 0 saturated carbocycles. The first-order chi connectivity index (χ1) is 27.7. The molecule has 3 atom stereocenters. The third-order valence-electron chi connectivity index (χ3n) is 8.84. The minimum absolute atomic E-state index is 0.167. The van der Waals surface area contributed by atoms with E-state index in [2.05, 4.69) is 91.3 Å². The summed E-state index contributed by atoms with van der Waals surface area (Å²) < 4.78 is 32.7. The van der Waals surface area contributed by atoms with Crippen LogP contribution in [0.5, 0.6) is 0 Å². The fourth-order valence-electron chi connectivity index (χ4n) is 5.48. The van der Waals surface area contributed by atoms with Gasteiger partial charge in [0.05, 0.1) is 19.8 Å². The van der Waals surface area contributed by atoms with Crippen LogP contribution in [0.25, 0.3) is 0 Å². The van der Waals surface area contributed by atoms with Crippen molar-refractivity contribution in [3.63, 3.8) is 0 Å². The van der Waals surface area contributed by atoms with E-state index in [1.165, 1.54) is 57.8 Å². The number of hydrogen-bond acceptors (Lipinski definition) is 9. The smallest absolute Gasteiger partial charge is 0.462 e. The Balaban J connectivity index is 4.35. The molecule has 0 aliphatic carbocycles. The van der Waals surface area contributed by atoms with Crippen molar-refractivity contribution in [3.05, 3.63) is 72.9 Å². The number of phosphoric ester groups is 1. The van der Waals surface area contributed by atoms with Gasteiger partial charge in [0, 0.05) is 12.8 Å². The molecule has 10 nitrogen and oxygen atoms in total. The number of ether oxygens (including phenoxy) is 2. The largest absolute Gasteiger partial charge is 0.472 e. The molecule has 1 unspecified atom stereocenters. The van der Waals surface area contributed by atoms with Crippen LogP contribution in [0.15, 0.2) is 72.9 Å². The van der Waals surface area contributed by atoms with Crippen molar-refractivity contribution in [1.82, 2.24) is 0 Å². The number of carbonyl (C=O) groups is 2. The van der Waals surface area contributed by atoms with Crippen molar-refractivity contribution < 1.29 is 47.8 Å². The quantitative estimate of drug-likeness (QED) is 0.0236. The van der Waals surface area contributed by atoms with E-state index in [1.54, 1.807) is 0 Å². The van der Waals surface area contributed by atoms with Gasteiger partial charge < -0.3 is 24.6 Å². The number of carbonyl (C=O) groups excluding carboxylic acids is 2. The Hall–Kier alpha value is -2.59. The highest BCUT2D eigenvalue weighted by Gasteiger charge is 2.27. The van der Waals surface area contributed by atoms with Crippen LogP contribution in [0.1, 0.15) is 168 Å². The van der Waals surface area contributed by atoms with E-state index < -0.39 is 51.8 Å². The summed E-state index contributed by atoms with van der Waals surface area (Å²) in [4.78, 5) is 35.0. The average Bonchev–Trinajstić information content (AvgIpc) is 3.20. The average molecular weight is 823 g/mol. The summed E-state index contributed by atoms with van der Waals surface area (Å²) in [6.45, 7) is 2.18. The van der Waals surface area contributed by atoms with E-state index in [0.29, 0.717) is 12.8 Å². The number of unbranched alkanes of at least 4 members (excludes halogenated alkanes) is 14. The van der Waals surface area contributed by atoms with E-state index in [1.807, 2.05) is 0 Å². The highest BCUT2D eigenvalue weighted by Crippen LogP contribution is 2.43. The molecular weight excluding hydrogens is 743 g/mol. The molecule has 11 heteroatoms. The summed E-state index contributed by atoms with van der Waals surface area (Å²) >= 11 is 0. The van der Waals surface area contributed by atoms with E-state index >= 15 is 0 Å². The summed E-state index contributed by atoms with van der Waals surface area (Å²) in [5.74, 6) is -0.983. The Bertz CT molecular complexity index is 1180. The molecule has 0 aromatic heterocycles. The van der Waals surface area contributed by atoms with Crippen molar-refractivity contribution in [1.29, 1.82) is 0 Å². The van der Waals surface area contributed by atoms with Crippen molar-refractivity contribution in [2.24, 2.45) is 0 Å². The summed E-state index contributed by atoms with van der Waals surface area (Å²) in [6, 6.07) is 0. The number of rotatable bonds is 40. The molecule has 0 saturated heterocycles. The number of allylic oxidation sites excluding steroid dienone is 12. The maximum absolute atomic E-state index is 12.6. The molecule has 0 aromatic carbocycles. The maximum atomic E-state index is 12.6. The highest BCUT2D eigenvalue weighted by molar-refractivity contribution is 7.47. The lowest BCUT2D eigenvalue weighted by Gasteiger charge is -2.20. The van der Waals surface area contributed by atoms with Crippen molar-refractivity contribution in [2.75, 3.05) is 26.4 Å². The molecule has 0 bridgehead atoms. The molecule has 0 heterocycles. The first-order valence-corrected chi connectivity index (χ1v) is 23.4. The molecule has 0 rings (SSSR count).